The van der Waals surface area contributed by atoms with E-state index >= 15 is 0 Å². The molecule has 0 fully saturated rings. The molecule has 3 aromatic rings. The largest absolute Gasteiger partial charge is 0.478 e. The minimum Gasteiger partial charge on any atom is -0.478 e. The number of rotatable bonds is 4. The number of H-pyrrole nitrogens is 1. The van der Waals surface area contributed by atoms with Crippen molar-refractivity contribution in [3.63, 3.8) is 0 Å². The third-order valence-corrected chi connectivity index (χ3v) is 3.83. The van der Waals surface area contributed by atoms with E-state index in [9.17, 15) is 4.79 Å². The third-order valence-electron chi connectivity index (χ3n) is 2.76. The SMILES string of the molecule is O=C(O)c1ccc(CSc2ncnc3nc[nH]c23)cc1. The van der Waals surface area contributed by atoms with E-state index in [1.54, 1.807) is 30.2 Å². The zero-order valence-corrected chi connectivity index (χ0v) is 11.1. The molecule has 0 spiro atoms. The second-order valence-electron chi connectivity index (χ2n) is 4.07. The van der Waals surface area contributed by atoms with Gasteiger partial charge in [0.2, 0.25) is 0 Å². The summed E-state index contributed by atoms with van der Waals surface area (Å²) in [7, 11) is 0. The first-order chi connectivity index (χ1) is 9.74. The van der Waals surface area contributed by atoms with Crippen molar-refractivity contribution in [2.24, 2.45) is 0 Å². The third kappa shape index (κ3) is 2.48. The molecule has 0 radical (unpaired) electrons. The topological polar surface area (TPSA) is 91.8 Å². The summed E-state index contributed by atoms with van der Waals surface area (Å²) in [6, 6.07) is 6.82. The molecule has 0 aliphatic carbocycles. The maximum atomic E-state index is 10.8. The minimum absolute atomic E-state index is 0.289. The summed E-state index contributed by atoms with van der Waals surface area (Å²) in [5, 5.41) is 9.67. The lowest BCUT2D eigenvalue weighted by molar-refractivity contribution is 0.0697. The number of fused-ring (bicyclic) bond motifs is 1. The van der Waals surface area contributed by atoms with Gasteiger partial charge in [0, 0.05) is 5.75 Å². The van der Waals surface area contributed by atoms with Crippen molar-refractivity contribution < 1.29 is 9.90 Å². The second kappa shape index (κ2) is 5.30. The second-order valence-corrected chi connectivity index (χ2v) is 5.03. The molecule has 2 heterocycles. The van der Waals surface area contributed by atoms with Gasteiger partial charge in [0.05, 0.1) is 11.9 Å². The molecule has 3 rings (SSSR count). The molecule has 2 N–H and O–H groups in total. The summed E-state index contributed by atoms with van der Waals surface area (Å²) in [5.41, 5.74) is 2.78. The van der Waals surface area contributed by atoms with E-state index in [0.29, 0.717) is 11.4 Å². The van der Waals surface area contributed by atoms with Gasteiger partial charge in [0.15, 0.2) is 5.65 Å². The van der Waals surface area contributed by atoms with Crippen molar-refractivity contribution in [1.29, 1.82) is 0 Å². The minimum atomic E-state index is -0.917. The Morgan fingerprint density at radius 1 is 1.20 bits per heavy atom. The van der Waals surface area contributed by atoms with E-state index < -0.39 is 5.97 Å². The van der Waals surface area contributed by atoms with Crippen molar-refractivity contribution >= 4 is 28.9 Å². The Morgan fingerprint density at radius 3 is 2.75 bits per heavy atom. The summed E-state index contributed by atoms with van der Waals surface area (Å²) >= 11 is 1.55. The molecule has 2 aromatic heterocycles. The van der Waals surface area contributed by atoms with E-state index in [-0.39, 0.29) is 5.56 Å². The summed E-state index contributed by atoms with van der Waals surface area (Å²) in [6.07, 6.45) is 3.07. The van der Waals surface area contributed by atoms with Crippen LogP contribution in [0.3, 0.4) is 0 Å². The molecule has 0 aliphatic rings. The molecule has 0 amide bonds. The molecule has 0 aliphatic heterocycles. The highest BCUT2D eigenvalue weighted by molar-refractivity contribution is 7.98. The fraction of sp³-hybridized carbons (Fsp3) is 0.0769. The summed E-state index contributed by atoms with van der Waals surface area (Å²) in [5.74, 6) is -0.218. The van der Waals surface area contributed by atoms with Gasteiger partial charge >= 0.3 is 5.97 Å². The Balaban J connectivity index is 1.76. The number of hydrogen-bond donors (Lipinski definition) is 2. The van der Waals surface area contributed by atoms with Crippen LogP contribution in [0.25, 0.3) is 11.2 Å². The van der Waals surface area contributed by atoms with Crippen molar-refractivity contribution in [1.82, 2.24) is 19.9 Å². The highest BCUT2D eigenvalue weighted by atomic mass is 32.2. The van der Waals surface area contributed by atoms with Gasteiger partial charge in [-0.25, -0.2) is 19.7 Å². The fourth-order valence-corrected chi connectivity index (χ4v) is 2.66. The number of nitrogens with one attached hydrogen (secondary N) is 1. The number of aromatic amines is 1. The number of hydrogen-bond acceptors (Lipinski definition) is 5. The Bertz CT molecular complexity index is 754. The van der Waals surface area contributed by atoms with Gasteiger partial charge in [-0.2, -0.15) is 0 Å². The molecular formula is C13H10N4O2S. The average Bonchev–Trinajstić information content (AvgIpc) is 2.94. The van der Waals surface area contributed by atoms with Crippen LogP contribution in [0.5, 0.6) is 0 Å². The Kier molecular flexibility index (Phi) is 3.34. The van der Waals surface area contributed by atoms with E-state index in [1.165, 1.54) is 6.33 Å². The smallest absolute Gasteiger partial charge is 0.335 e. The lowest BCUT2D eigenvalue weighted by atomic mass is 10.1. The first-order valence-electron chi connectivity index (χ1n) is 5.83. The normalized spacial score (nSPS) is 10.8. The highest BCUT2D eigenvalue weighted by Gasteiger charge is 2.07. The predicted octanol–water partition coefficient (Wildman–Crippen LogP) is 2.34. The van der Waals surface area contributed by atoms with Gasteiger partial charge in [-0.15, -0.1) is 0 Å². The summed E-state index contributed by atoms with van der Waals surface area (Å²) < 4.78 is 0. The van der Waals surface area contributed by atoms with Crippen LogP contribution in [0.15, 0.2) is 41.9 Å². The van der Waals surface area contributed by atoms with Crippen molar-refractivity contribution in [2.45, 2.75) is 10.8 Å². The maximum absolute atomic E-state index is 10.8. The number of imidazole rings is 1. The molecule has 0 saturated heterocycles. The number of aromatic carboxylic acids is 1. The van der Waals surface area contributed by atoms with Gasteiger partial charge in [-0.3, -0.25) is 0 Å². The van der Waals surface area contributed by atoms with E-state index in [4.69, 9.17) is 5.11 Å². The lowest BCUT2D eigenvalue weighted by Gasteiger charge is -2.02. The average molecular weight is 286 g/mol. The van der Waals surface area contributed by atoms with Gasteiger partial charge < -0.3 is 10.1 Å². The lowest BCUT2D eigenvalue weighted by Crippen LogP contribution is -1.95. The molecule has 1 aromatic carbocycles. The molecule has 7 heteroatoms. The molecule has 0 saturated carbocycles. The van der Waals surface area contributed by atoms with Crippen LogP contribution in [0, 0.1) is 0 Å². The number of aromatic nitrogens is 4. The van der Waals surface area contributed by atoms with Crippen molar-refractivity contribution in [2.75, 3.05) is 0 Å². The van der Waals surface area contributed by atoms with Gasteiger partial charge in [0.25, 0.3) is 0 Å². The molecular weight excluding hydrogens is 276 g/mol. The number of benzene rings is 1. The molecule has 20 heavy (non-hydrogen) atoms. The quantitative estimate of drug-likeness (QED) is 0.565. The fourth-order valence-electron chi connectivity index (χ4n) is 1.75. The Hall–Kier alpha value is -2.41. The van der Waals surface area contributed by atoms with E-state index in [2.05, 4.69) is 19.9 Å². The molecule has 0 unspecified atom stereocenters. The molecule has 0 atom stereocenters. The van der Waals surface area contributed by atoms with Gasteiger partial charge in [-0.1, -0.05) is 23.9 Å². The van der Waals surface area contributed by atoms with Crippen LogP contribution in [-0.4, -0.2) is 31.0 Å². The number of nitrogens with zero attached hydrogens (tertiary/aromatic N) is 3. The first-order valence-corrected chi connectivity index (χ1v) is 6.82. The highest BCUT2D eigenvalue weighted by Crippen LogP contribution is 2.25. The summed E-state index contributed by atoms with van der Waals surface area (Å²) in [6.45, 7) is 0. The Morgan fingerprint density at radius 2 is 2.00 bits per heavy atom. The molecule has 6 nitrogen and oxygen atoms in total. The zero-order valence-electron chi connectivity index (χ0n) is 10.3. The molecule has 0 bridgehead atoms. The van der Waals surface area contributed by atoms with Gasteiger partial charge in [-0.05, 0) is 17.7 Å². The molecule has 100 valence electrons. The van der Waals surface area contributed by atoms with Crippen LogP contribution in [0.2, 0.25) is 0 Å². The standard InChI is InChI=1S/C13H10N4O2S/c18-13(19)9-3-1-8(2-4-9)5-20-12-10-11(15-6-14-10)16-7-17-12/h1-4,6-7H,5H2,(H,18,19)(H,14,15,16,17). The van der Waals surface area contributed by atoms with Crippen molar-refractivity contribution in [3.05, 3.63) is 48.0 Å². The van der Waals surface area contributed by atoms with Gasteiger partial charge in [0.1, 0.15) is 16.9 Å². The first kappa shape index (κ1) is 12.6. The maximum Gasteiger partial charge on any atom is 0.335 e. The number of carboxylic acid groups (broad SMARTS) is 1. The predicted molar refractivity (Wildman–Crippen MR) is 74.6 cm³/mol. The number of carbonyl (C=O) groups is 1. The van der Waals surface area contributed by atoms with Crippen molar-refractivity contribution in [3.8, 4) is 0 Å². The van der Waals surface area contributed by atoms with E-state index in [0.717, 1.165) is 16.1 Å². The van der Waals surface area contributed by atoms with Crippen LogP contribution in [0.4, 0.5) is 0 Å². The Labute approximate surface area is 118 Å². The number of carboxylic acids is 1. The van der Waals surface area contributed by atoms with Crippen LogP contribution >= 0.6 is 11.8 Å². The van der Waals surface area contributed by atoms with Crippen LogP contribution < -0.4 is 0 Å². The van der Waals surface area contributed by atoms with Crippen LogP contribution in [-0.2, 0) is 5.75 Å². The summed E-state index contributed by atoms with van der Waals surface area (Å²) in [4.78, 5) is 26.2. The monoisotopic (exact) mass is 286 g/mol. The van der Waals surface area contributed by atoms with Crippen LogP contribution in [0.1, 0.15) is 15.9 Å². The number of thioether (sulfide) groups is 1. The zero-order chi connectivity index (χ0) is 13.9. The van der Waals surface area contributed by atoms with E-state index in [1.807, 2.05) is 12.1 Å².